The molecule has 0 radical (unpaired) electrons. The van der Waals surface area contributed by atoms with Crippen LogP contribution >= 0.6 is 0 Å². The zero-order chi connectivity index (χ0) is 26.1. The van der Waals surface area contributed by atoms with Crippen LogP contribution < -0.4 is 20.9 Å². The summed E-state index contributed by atoms with van der Waals surface area (Å²) in [7, 11) is 4.87. The van der Waals surface area contributed by atoms with Gasteiger partial charge in [-0.25, -0.2) is 4.79 Å². The second kappa shape index (κ2) is 10.1. The molecule has 0 aliphatic carbocycles. The summed E-state index contributed by atoms with van der Waals surface area (Å²) in [4.78, 5) is 33.1. The third kappa shape index (κ3) is 4.83. The van der Waals surface area contributed by atoms with Crippen LogP contribution in [0.3, 0.4) is 0 Å². The van der Waals surface area contributed by atoms with Crippen LogP contribution in [0.2, 0.25) is 0 Å². The lowest BCUT2D eigenvalue weighted by Gasteiger charge is -2.22. The van der Waals surface area contributed by atoms with Crippen LogP contribution in [-0.4, -0.2) is 38.9 Å². The van der Waals surface area contributed by atoms with E-state index in [2.05, 4.69) is 48.2 Å². The smallest absolute Gasteiger partial charge is 0.332 e. The summed E-state index contributed by atoms with van der Waals surface area (Å²) in [6.45, 7) is 4.18. The first kappa shape index (κ1) is 24.6. The van der Waals surface area contributed by atoms with E-state index in [1.807, 2.05) is 22.8 Å². The van der Waals surface area contributed by atoms with Gasteiger partial charge in [0.1, 0.15) is 5.75 Å². The van der Waals surface area contributed by atoms with Crippen molar-refractivity contribution in [2.24, 2.45) is 14.1 Å². The van der Waals surface area contributed by atoms with Crippen LogP contribution in [0.4, 0.5) is 5.95 Å². The number of aryl methyl sites for hydroxylation is 2. The topological polar surface area (TPSA) is 74.3 Å². The molecule has 192 valence electrons. The Morgan fingerprint density at radius 3 is 2.51 bits per heavy atom. The number of aromatic nitrogens is 4. The molecule has 0 bridgehead atoms. The van der Waals surface area contributed by atoms with E-state index < -0.39 is 0 Å². The lowest BCUT2D eigenvalue weighted by molar-refractivity contribution is 0.415. The summed E-state index contributed by atoms with van der Waals surface area (Å²) < 4.78 is 9.90. The lowest BCUT2D eigenvalue weighted by Crippen LogP contribution is -2.37. The van der Waals surface area contributed by atoms with Crippen molar-refractivity contribution in [3.05, 3.63) is 91.6 Å². The van der Waals surface area contributed by atoms with E-state index >= 15 is 0 Å². The minimum atomic E-state index is -0.371. The molecule has 0 amide bonds. The SMILES string of the molecule is COc1ccc(/C=C2/CCCN(c3nc4c(c(=O)n(C)c(=O)n4C)n3Cc3cccc(C)c3)CC2)cc1. The maximum atomic E-state index is 13.3. The Bertz CT molecular complexity index is 1590. The fourth-order valence-electron chi connectivity index (χ4n) is 5.11. The Morgan fingerprint density at radius 2 is 1.78 bits per heavy atom. The molecule has 0 unspecified atom stereocenters. The summed E-state index contributed by atoms with van der Waals surface area (Å²) in [6.07, 6.45) is 5.14. The van der Waals surface area contributed by atoms with Gasteiger partial charge in [-0.05, 0) is 49.4 Å². The van der Waals surface area contributed by atoms with Gasteiger partial charge in [-0.2, -0.15) is 4.98 Å². The molecule has 1 fully saturated rings. The molecule has 1 aliphatic rings. The lowest BCUT2D eigenvalue weighted by atomic mass is 10.0. The molecule has 0 N–H and O–H groups in total. The Kier molecular flexibility index (Phi) is 6.74. The van der Waals surface area contributed by atoms with Crippen molar-refractivity contribution in [2.75, 3.05) is 25.1 Å². The fraction of sp³-hybridized carbons (Fsp3) is 0.345. The minimum absolute atomic E-state index is 0.320. The van der Waals surface area contributed by atoms with Gasteiger partial charge < -0.3 is 9.64 Å². The Balaban J connectivity index is 1.53. The monoisotopic (exact) mass is 499 g/mol. The Hall–Kier alpha value is -4.07. The van der Waals surface area contributed by atoms with Gasteiger partial charge >= 0.3 is 5.69 Å². The highest BCUT2D eigenvalue weighted by molar-refractivity contribution is 5.75. The molecule has 8 nitrogen and oxygen atoms in total. The molecule has 4 aromatic rings. The average Bonchev–Trinajstić information content (AvgIpc) is 3.11. The molecule has 8 heteroatoms. The maximum Gasteiger partial charge on any atom is 0.332 e. The van der Waals surface area contributed by atoms with Crippen LogP contribution in [0.25, 0.3) is 17.2 Å². The van der Waals surface area contributed by atoms with Crippen molar-refractivity contribution in [3.8, 4) is 5.75 Å². The Labute approximate surface area is 216 Å². The number of nitrogens with zero attached hydrogens (tertiary/aromatic N) is 5. The quantitative estimate of drug-likeness (QED) is 0.417. The summed E-state index contributed by atoms with van der Waals surface area (Å²) in [5, 5.41) is 0. The first-order valence-electron chi connectivity index (χ1n) is 12.7. The van der Waals surface area contributed by atoms with Gasteiger partial charge in [-0.1, -0.05) is 53.6 Å². The number of hydrogen-bond donors (Lipinski definition) is 0. The van der Waals surface area contributed by atoms with Crippen LogP contribution in [-0.2, 0) is 20.6 Å². The van der Waals surface area contributed by atoms with Crippen molar-refractivity contribution in [1.29, 1.82) is 0 Å². The largest absolute Gasteiger partial charge is 0.497 e. The highest BCUT2D eigenvalue weighted by Gasteiger charge is 2.24. The number of methoxy groups -OCH3 is 1. The van der Waals surface area contributed by atoms with E-state index in [-0.39, 0.29) is 11.2 Å². The van der Waals surface area contributed by atoms with Gasteiger partial charge in [0.25, 0.3) is 5.56 Å². The van der Waals surface area contributed by atoms with Crippen LogP contribution in [0.1, 0.15) is 36.0 Å². The van der Waals surface area contributed by atoms with Crippen molar-refractivity contribution >= 4 is 23.2 Å². The molecular formula is C29H33N5O3. The number of ether oxygens (including phenoxy) is 1. The van der Waals surface area contributed by atoms with E-state index in [0.29, 0.717) is 17.7 Å². The zero-order valence-electron chi connectivity index (χ0n) is 21.9. The zero-order valence-corrected chi connectivity index (χ0v) is 21.9. The van der Waals surface area contributed by atoms with Crippen molar-refractivity contribution in [3.63, 3.8) is 0 Å². The second-order valence-corrected chi connectivity index (χ2v) is 9.78. The van der Waals surface area contributed by atoms with Crippen molar-refractivity contribution in [1.82, 2.24) is 18.7 Å². The van der Waals surface area contributed by atoms with E-state index in [1.165, 1.54) is 21.8 Å². The van der Waals surface area contributed by atoms with E-state index in [1.54, 1.807) is 14.2 Å². The van der Waals surface area contributed by atoms with Gasteiger partial charge in [-0.15, -0.1) is 0 Å². The number of fused-ring (bicyclic) bond motifs is 1. The molecule has 1 aliphatic heterocycles. The molecular weight excluding hydrogens is 466 g/mol. The van der Waals surface area contributed by atoms with Gasteiger partial charge in [0.15, 0.2) is 11.2 Å². The fourth-order valence-corrected chi connectivity index (χ4v) is 5.11. The number of rotatable bonds is 5. The molecule has 0 saturated carbocycles. The number of anilines is 1. The normalized spacial score (nSPS) is 15.4. The molecule has 2 aromatic heterocycles. The highest BCUT2D eigenvalue weighted by Crippen LogP contribution is 2.27. The van der Waals surface area contributed by atoms with Crippen LogP contribution in [0.5, 0.6) is 5.75 Å². The van der Waals surface area contributed by atoms with Gasteiger partial charge in [0.2, 0.25) is 5.95 Å². The first-order chi connectivity index (χ1) is 17.9. The maximum absolute atomic E-state index is 13.3. The first-order valence-corrected chi connectivity index (χ1v) is 12.7. The van der Waals surface area contributed by atoms with E-state index in [4.69, 9.17) is 9.72 Å². The van der Waals surface area contributed by atoms with Crippen molar-refractivity contribution in [2.45, 2.75) is 32.7 Å². The van der Waals surface area contributed by atoms with Crippen LogP contribution in [0.15, 0.2) is 63.7 Å². The van der Waals surface area contributed by atoms with Gasteiger partial charge in [-0.3, -0.25) is 18.5 Å². The average molecular weight is 500 g/mol. The molecule has 5 rings (SSSR count). The van der Waals surface area contributed by atoms with Crippen molar-refractivity contribution < 1.29 is 4.74 Å². The summed E-state index contributed by atoms with van der Waals surface area (Å²) in [5.41, 5.74) is 4.99. The van der Waals surface area contributed by atoms with E-state index in [0.717, 1.165) is 60.7 Å². The molecule has 1 saturated heterocycles. The minimum Gasteiger partial charge on any atom is -0.497 e. The van der Waals surface area contributed by atoms with Gasteiger partial charge in [0.05, 0.1) is 13.7 Å². The molecule has 37 heavy (non-hydrogen) atoms. The predicted molar refractivity (Wildman–Crippen MR) is 148 cm³/mol. The third-order valence-electron chi connectivity index (χ3n) is 7.15. The number of benzene rings is 2. The summed E-state index contributed by atoms with van der Waals surface area (Å²) >= 11 is 0. The predicted octanol–water partition coefficient (Wildman–Crippen LogP) is 3.87. The third-order valence-corrected chi connectivity index (χ3v) is 7.15. The van der Waals surface area contributed by atoms with E-state index in [9.17, 15) is 9.59 Å². The number of hydrogen-bond acceptors (Lipinski definition) is 5. The summed E-state index contributed by atoms with van der Waals surface area (Å²) in [6, 6.07) is 16.4. The Morgan fingerprint density at radius 1 is 1.00 bits per heavy atom. The summed E-state index contributed by atoms with van der Waals surface area (Å²) in [5.74, 6) is 1.59. The highest BCUT2D eigenvalue weighted by atomic mass is 16.5. The molecule has 3 heterocycles. The standard InChI is InChI=1S/C29H33N5O3/c1-20-7-5-8-23(17-20)19-34-25-26(31(2)29(36)32(3)27(25)35)30-28(34)33-15-6-9-21(14-16-33)18-22-10-12-24(37-4)13-11-22/h5,7-8,10-13,17-18H,6,9,14-16,19H2,1-4H3/b21-18-. The molecule has 0 atom stereocenters. The van der Waals surface area contributed by atoms with Crippen LogP contribution in [0, 0.1) is 6.92 Å². The molecule has 0 spiro atoms. The molecule has 2 aromatic carbocycles. The number of imidazole rings is 1. The second-order valence-electron chi connectivity index (χ2n) is 9.78. The van der Waals surface area contributed by atoms with Gasteiger partial charge in [0, 0.05) is 27.2 Å².